The summed E-state index contributed by atoms with van der Waals surface area (Å²) in [5.41, 5.74) is 1.99. The maximum absolute atomic E-state index is 12.8. The quantitative estimate of drug-likeness (QED) is 0.887. The second kappa shape index (κ2) is 7.23. The molecule has 0 bridgehead atoms. The highest BCUT2D eigenvalue weighted by Crippen LogP contribution is 2.21. The minimum atomic E-state index is -3.04. The monoisotopic (exact) mass is 359 g/mol. The van der Waals surface area contributed by atoms with Crippen molar-refractivity contribution in [3.63, 3.8) is 0 Å². The van der Waals surface area contributed by atoms with E-state index in [1.807, 2.05) is 37.3 Å². The summed E-state index contributed by atoms with van der Waals surface area (Å²) in [7, 11) is -3.04. The van der Waals surface area contributed by atoms with Crippen molar-refractivity contribution < 1.29 is 13.2 Å². The number of carbonyl (C=O) groups is 1. The molecule has 1 unspecified atom stereocenters. The number of hydrogen-bond acceptors (Lipinski definition) is 5. The number of hydrogen-bond donors (Lipinski definition) is 1. The van der Waals surface area contributed by atoms with Gasteiger partial charge in [0.15, 0.2) is 9.84 Å². The van der Waals surface area contributed by atoms with Crippen LogP contribution in [0, 0.1) is 0 Å². The molecule has 7 heteroatoms. The van der Waals surface area contributed by atoms with Crippen LogP contribution in [0.1, 0.15) is 23.8 Å². The molecule has 25 heavy (non-hydrogen) atoms. The molecule has 0 spiro atoms. The van der Waals surface area contributed by atoms with E-state index in [-0.39, 0.29) is 23.5 Å². The summed E-state index contributed by atoms with van der Waals surface area (Å²) in [6, 6.07) is 12.9. The highest BCUT2D eigenvalue weighted by atomic mass is 32.2. The maximum atomic E-state index is 12.8. The summed E-state index contributed by atoms with van der Waals surface area (Å²) in [5.74, 6) is -0.0553. The van der Waals surface area contributed by atoms with Gasteiger partial charge in [0, 0.05) is 30.2 Å². The molecule has 1 aromatic carbocycles. The van der Waals surface area contributed by atoms with Crippen molar-refractivity contribution in [3.8, 4) is 0 Å². The van der Waals surface area contributed by atoms with Crippen molar-refractivity contribution >= 4 is 27.1 Å². The Morgan fingerprint density at radius 3 is 2.64 bits per heavy atom. The van der Waals surface area contributed by atoms with Crippen LogP contribution >= 0.6 is 0 Å². The number of benzene rings is 1. The third kappa shape index (κ3) is 4.17. The first-order valence-corrected chi connectivity index (χ1v) is 10.1. The Morgan fingerprint density at radius 1 is 1.24 bits per heavy atom. The van der Waals surface area contributed by atoms with Crippen LogP contribution in [0.4, 0.5) is 11.4 Å². The number of nitrogens with one attached hydrogen (secondary N) is 1. The second-order valence-electron chi connectivity index (χ2n) is 6.07. The van der Waals surface area contributed by atoms with Crippen LogP contribution in [0.25, 0.3) is 0 Å². The predicted molar refractivity (Wildman–Crippen MR) is 97.7 cm³/mol. The van der Waals surface area contributed by atoms with Crippen molar-refractivity contribution in [1.82, 2.24) is 9.88 Å². The van der Waals surface area contributed by atoms with Gasteiger partial charge in [-0.05, 0) is 37.6 Å². The van der Waals surface area contributed by atoms with Gasteiger partial charge in [0.2, 0.25) is 0 Å². The zero-order valence-electron chi connectivity index (χ0n) is 14.1. The maximum Gasteiger partial charge on any atom is 0.272 e. The molecule has 1 saturated heterocycles. The minimum Gasteiger partial charge on any atom is -0.355 e. The van der Waals surface area contributed by atoms with Crippen molar-refractivity contribution in [1.29, 1.82) is 0 Å². The lowest BCUT2D eigenvalue weighted by molar-refractivity contribution is 0.0702. The Balaban J connectivity index is 1.78. The van der Waals surface area contributed by atoms with E-state index in [0.29, 0.717) is 18.7 Å². The number of aromatic nitrogens is 1. The van der Waals surface area contributed by atoms with Gasteiger partial charge in [-0.2, -0.15) is 0 Å². The van der Waals surface area contributed by atoms with Crippen LogP contribution < -0.4 is 5.32 Å². The van der Waals surface area contributed by atoms with E-state index in [1.165, 1.54) is 0 Å². The summed E-state index contributed by atoms with van der Waals surface area (Å²) >= 11 is 0. The fourth-order valence-corrected chi connectivity index (χ4v) is 4.78. The van der Waals surface area contributed by atoms with Crippen LogP contribution in [-0.2, 0) is 9.84 Å². The van der Waals surface area contributed by atoms with Gasteiger partial charge in [0.05, 0.1) is 11.5 Å². The van der Waals surface area contributed by atoms with E-state index in [0.717, 1.165) is 11.4 Å². The average molecular weight is 359 g/mol. The van der Waals surface area contributed by atoms with Gasteiger partial charge in [0.25, 0.3) is 5.91 Å². The number of pyridine rings is 1. The highest BCUT2D eigenvalue weighted by Gasteiger charge is 2.34. The van der Waals surface area contributed by atoms with E-state index in [1.54, 1.807) is 23.2 Å². The van der Waals surface area contributed by atoms with Gasteiger partial charge < -0.3 is 10.2 Å². The SMILES string of the molecule is CCN(C(=O)c1cc(Nc2ccccc2)ccn1)C1CCS(=O)(=O)C1. The van der Waals surface area contributed by atoms with Crippen molar-refractivity contribution in [2.45, 2.75) is 19.4 Å². The number of nitrogens with zero attached hydrogens (tertiary/aromatic N) is 2. The van der Waals surface area contributed by atoms with Gasteiger partial charge in [-0.15, -0.1) is 0 Å². The molecular formula is C18H21N3O3S. The summed E-state index contributed by atoms with van der Waals surface area (Å²) in [6.07, 6.45) is 2.07. The first-order chi connectivity index (χ1) is 12.0. The molecule has 1 aromatic heterocycles. The molecule has 132 valence electrons. The van der Waals surface area contributed by atoms with Crippen LogP contribution in [0.15, 0.2) is 48.7 Å². The van der Waals surface area contributed by atoms with Gasteiger partial charge in [0.1, 0.15) is 5.69 Å². The van der Waals surface area contributed by atoms with Gasteiger partial charge in [-0.1, -0.05) is 18.2 Å². The number of para-hydroxylation sites is 1. The van der Waals surface area contributed by atoms with E-state index in [9.17, 15) is 13.2 Å². The lowest BCUT2D eigenvalue weighted by atomic mass is 10.2. The van der Waals surface area contributed by atoms with E-state index in [2.05, 4.69) is 10.3 Å². The van der Waals surface area contributed by atoms with Crippen LogP contribution in [0.3, 0.4) is 0 Å². The largest absolute Gasteiger partial charge is 0.355 e. The van der Waals surface area contributed by atoms with Crippen molar-refractivity contribution in [2.24, 2.45) is 0 Å². The molecule has 1 atom stereocenters. The minimum absolute atomic E-state index is 0.0362. The Kier molecular flexibility index (Phi) is 5.03. The Labute approximate surface area is 147 Å². The molecule has 1 fully saturated rings. The Bertz CT molecular complexity index is 853. The molecule has 3 rings (SSSR count). The van der Waals surface area contributed by atoms with Crippen molar-refractivity contribution in [2.75, 3.05) is 23.4 Å². The fourth-order valence-electron chi connectivity index (χ4n) is 3.05. The zero-order chi connectivity index (χ0) is 17.9. The molecule has 1 amide bonds. The van der Waals surface area contributed by atoms with Gasteiger partial charge >= 0.3 is 0 Å². The number of rotatable bonds is 5. The smallest absolute Gasteiger partial charge is 0.272 e. The summed E-state index contributed by atoms with van der Waals surface area (Å²) in [5, 5.41) is 3.23. The topological polar surface area (TPSA) is 79.4 Å². The van der Waals surface area contributed by atoms with Crippen molar-refractivity contribution in [3.05, 3.63) is 54.4 Å². The van der Waals surface area contributed by atoms with Crippen LogP contribution in [-0.4, -0.2) is 48.3 Å². The lowest BCUT2D eigenvalue weighted by Gasteiger charge is -2.26. The third-order valence-electron chi connectivity index (χ3n) is 4.29. The van der Waals surface area contributed by atoms with E-state index in [4.69, 9.17) is 0 Å². The Hall–Kier alpha value is -2.41. The normalized spacial score (nSPS) is 18.7. The van der Waals surface area contributed by atoms with Gasteiger partial charge in [-0.25, -0.2) is 8.42 Å². The molecule has 1 aliphatic rings. The molecule has 2 aromatic rings. The third-order valence-corrected chi connectivity index (χ3v) is 6.04. The lowest BCUT2D eigenvalue weighted by Crippen LogP contribution is -2.41. The first-order valence-electron chi connectivity index (χ1n) is 8.28. The summed E-state index contributed by atoms with van der Waals surface area (Å²) in [6.45, 7) is 2.31. The number of amides is 1. The highest BCUT2D eigenvalue weighted by molar-refractivity contribution is 7.91. The summed E-state index contributed by atoms with van der Waals surface area (Å²) in [4.78, 5) is 18.6. The van der Waals surface area contributed by atoms with Gasteiger partial charge in [-0.3, -0.25) is 9.78 Å². The summed E-state index contributed by atoms with van der Waals surface area (Å²) < 4.78 is 23.4. The first kappa shape index (κ1) is 17.4. The number of carbonyl (C=O) groups excluding carboxylic acids is 1. The standard InChI is InChI=1S/C18H21N3O3S/c1-2-21(16-9-11-25(23,24)13-16)18(22)17-12-15(8-10-19-17)20-14-6-4-3-5-7-14/h3-8,10,12,16H,2,9,11,13H2,1H3,(H,19,20). The van der Waals surface area contributed by atoms with Crippen LogP contribution in [0.5, 0.6) is 0 Å². The van der Waals surface area contributed by atoms with Crippen LogP contribution in [0.2, 0.25) is 0 Å². The second-order valence-corrected chi connectivity index (χ2v) is 8.30. The Morgan fingerprint density at radius 2 is 2.00 bits per heavy atom. The molecule has 6 nitrogen and oxygen atoms in total. The molecule has 1 aliphatic heterocycles. The molecule has 0 radical (unpaired) electrons. The number of sulfone groups is 1. The number of anilines is 2. The molecule has 0 aliphatic carbocycles. The van der Waals surface area contributed by atoms with E-state index < -0.39 is 9.84 Å². The van der Waals surface area contributed by atoms with E-state index >= 15 is 0 Å². The molecular weight excluding hydrogens is 338 g/mol. The average Bonchev–Trinajstić information content (AvgIpc) is 2.96. The molecule has 2 heterocycles. The molecule has 1 N–H and O–H groups in total. The zero-order valence-corrected chi connectivity index (χ0v) is 14.9. The fraction of sp³-hybridized carbons (Fsp3) is 0.333. The predicted octanol–water partition coefficient (Wildman–Crippen LogP) is 2.47. The molecule has 0 saturated carbocycles.